The lowest BCUT2D eigenvalue weighted by molar-refractivity contribution is -0.130. The van der Waals surface area contributed by atoms with Gasteiger partial charge in [-0.05, 0) is 48.9 Å². The Morgan fingerprint density at radius 2 is 1.67 bits per heavy atom. The number of ether oxygens (including phenoxy) is 1. The van der Waals surface area contributed by atoms with E-state index in [0.717, 1.165) is 11.1 Å². The van der Waals surface area contributed by atoms with Crippen molar-refractivity contribution in [3.63, 3.8) is 0 Å². The molecular formula is C18H13ClO2. The number of benzene rings is 2. The lowest BCUT2D eigenvalue weighted by Gasteiger charge is -2.01. The van der Waals surface area contributed by atoms with E-state index < -0.39 is 0 Å². The van der Waals surface area contributed by atoms with Crippen molar-refractivity contribution in [1.82, 2.24) is 0 Å². The van der Waals surface area contributed by atoms with E-state index in [1.54, 1.807) is 18.2 Å². The highest BCUT2D eigenvalue weighted by Crippen LogP contribution is 2.28. The molecule has 2 aromatic carbocycles. The van der Waals surface area contributed by atoms with Gasteiger partial charge in [-0.1, -0.05) is 41.4 Å². The lowest BCUT2D eigenvalue weighted by Crippen LogP contribution is -1.97. The van der Waals surface area contributed by atoms with Crippen molar-refractivity contribution < 1.29 is 9.53 Å². The van der Waals surface area contributed by atoms with Crippen molar-refractivity contribution in [3.05, 3.63) is 81.9 Å². The molecule has 1 heterocycles. The van der Waals surface area contributed by atoms with Crippen LogP contribution in [0.1, 0.15) is 16.7 Å². The first-order valence-corrected chi connectivity index (χ1v) is 6.98. The quantitative estimate of drug-likeness (QED) is 0.596. The number of rotatable bonds is 2. The molecular weight excluding hydrogens is 284 g/mol. The second-order valence-electron chi connectivity index (χ2n) is 4.92. The second kappa shape index (κ2) is 5.58. The molecule has 0 aliphatic carbocycles. The molecule has 0 aromatic heterocycles. The molecule has 1 aliphatic heterocycles. The summed E-state index contributed by atoms with van der Waals surface area (Å²) in [5.74, 6) is 0.218. The van der Waals surface area contributed by atoms with Gasteiger partial charge in [0.1, 0.15) is 5.76 Å². The van der Waals surface area contributed by atoms with E-state index >= 15 is 0 Å². The first kappa shape index (κ1) is 13.7. The van der Waals surface area contributed by atoms with E-state index in [-0.39, 0.29) is 5.97 Å². The van der Waals surface area contributed by atoms with E-state index in [0.29, 0.717) is 16.4 Å². The Labute approximate surface area is 128 Å². The average molecular weight is 297 g/mol. The Balaban J connectivity index is 1.91. The molecule has 0 saturated heterocycles. The van der Waals surface area contributed by atoms with E-state index in [1.807, 2.05) is 49.4 Å². The third-order valence-electron chi connectivity index (χ3n) is 3.25. The smallest absolute Gasteiger partial charge is 0.343 e. The molecule has 0 radical (unpaired) electrons. The Kier molecular flexibility index (Phi) is 3.63. The number of esters is 1. The molecule has 3 heteroatoms. The van der Waals surface area contributed by atoms with Crippen LogP contribution in [0.4, 0.5) is 0 Å². The van der Waals surface area contributed by atoms with Gasteiger partial charge in [0, 0.05) is 10.6 Å². The van der Waals surface area contributed by atoms with Crippen LogP contribution in [-0.2, 0) is 9.53 Å². The van der Waals surface area contributed by atoms with Gasteiger partial charge >= 0.3 is 5.97 Å². The van der Waals surface area contributed by atoms with Crippen LogP contribution >= 0.6 is 11.6 Å². The van der Waals surface area contributed by atoms with Crippen LogP contribution in [0.15, 0.2) is 60.2 Å². The second-order valence-corrected chi connectivity index (χ2v) is 5.35. The van der Waals surface area contributed by atoms with Gasteiger partial charge in [-0.25, -0.2) is 4.79 Å². The summed E-state index contributed by atoms with van der Waals surface area (Å²) in [6.45, 7) is 2.03. The summed E-state index contributed by atoms with van der Waals surface area (Å²) in [5.41, 5.74) is 3.54. The Morgan fingerprint density at radius 3 is 2.33 bits per heavy atom. The summed E-state index contributed by atoms with van der Waals surface area (Å²) in [6.07, 6.45) is 3.58. The van der Waals surface area contributed by atoms with E-state index in [2.05, 4.69) is 0 Å². The maximum absolute atomic E-state index is 11.9. The highest BCUT2D eigenvalue weighted by molar-refractivity contribution is 6.30. The van der Waals surface area contributed by atoms with Crippen LogP contribution in [0.3, 0.4) is 0 Å². The van der Waals surface area contributed by atoms with Gasteiger partial charge in [-0.3, -0.25) is 0 Å². The molecule has 3 rings (SSSR count). The van der Waals surface area contributed by atoms with Gasteiger partial charge in [0.15, 0.2) is 0 Å². The minimum absolute atomic E-state index is 0.333. The third kappa shape index (κ3) is 3.06. The number of hydrogen-bond acceptors (Lipinski definition) is 2. The van der Waals surface area contributed by atoms with Crippen LogP contribution in [0, 0.1) is 6.92 Å². The van der Waals surface area contributed by atoms with Crippen molar-refractivity contribution in [2.45, 2.75) is 6.92 Å². The van der Waals surface area contributed by atoms with E-state index in [1.165, 1.54) is 5.56 Å². The number of aryl methyl sites for hydroxylation is 1. The van der Waals surface area contributed by atoms with Gasteiger partial charge in [-0.2, -0.15) is 0 Å². The minimum Gasteiger partial charge on any atom is -0.422 e. The number of carbonyl (C=O) groups is 1. The van der Waals surface area contributed by atoms with Crippen molar-refractivity contribution in [2.24, 2.45) is 0 Å². The van der Waals surface area contributed by atoms with Crippen LogP contribution in [0.5, 0.6) is 0 Å². The lowest BCUT2D eigenvalue weighted by atomic mass is 10.1. The van der Waals surface area contributed by atoms with Gasteiger partial charge < -0.3 is 4.74 Å². The van der Waals surface area contributed by atoms with E-state index in [9.17, 15) is 4.79 Å². The predicted octanol–water partition coefficient (Wildman–Crippen LogP) is 4.63. The Bertz CT molecular complexity index is 738. The summed E-state index contributed by atoms with van der Waals surface area (Å²) >= 11 is 5.86. The molecule has 2 nitrogen and oxygen atoms in total. The van der Waals surface area contributed by atoms with Gasteiger partial charge in [-0.15, -0.1) is 0 Å². The Hall–Kier alpha value is -2.32. The van der Waals surface area contributed by atoms with Crippen LogP contribution in [-0.4, -0.2) is 5.97 Å². The van der Waals surface area contributed by atoms with Gasteiger partial charge in [0.2, 0.25) is 0 Å². The predicted molar refractivity (Wildman–Crippen MR) is 84.7 cm³/mol. The van der Waals surface area contributed by atoms with Crippen molar-refractivity contribution in [2.75, 3.05) is 0 Å². The summed E-state index contributed by atoms with van der Waals surface area (Å²) in [4.78, 5) is 11.9. The topological polar surface area (TPSA) is 26.3 Å². The van der Waals surface area contributed by atoms with E-state index in [4.69, 9.17) is 16.3 Å². The highest BCUT2D eigenvalue weighted by Gasteiger charge is 2.21. The zero-order chi connectivity index (χ0) is 14.8. The molecule has 0 N–H and O–H groups in total. The maximum Gasteiger partial charge on any atom is 0.343 e. The maximum atomic E-state index is 11.9. The summed E-state index contributed by atoms with van der Waals surface area (Å²) in [6, 6.07) is 15.2. The van der Waals surface area contributed by atoms with Gasteiger partial charge in [0.25, 0.3) is 0 Å². The molecule has 0 fully saturated rings. The van der Waals surface area contributed by atoms with Crippen molar-refractivity contribution >= 4 is 29.4 Å². The summed E-state index contributed by atoms with van der Waals surface area (Å²) in [5, 5.41) is 0.652. The third-order valence-corrected chi connectivity index (χ3v) is 3.51. The molecule has 0 atom stereocenters. The fraction of sp³-hybridized carbons (Fsp3) is 0.0556. The molecule has 0 amide bonds. The molecule has 0 saturated carbocycles. The largest absolute Gasteiger partial charge is 0.422 e. The number of hydrogen-bond donors (Lipinski definition) is 0. The van der Waals surface area contributed by atoms with Crippen molar-refractivity contribution in [1.29, 1.82) is 0 Å². The number of halogens is 1. The summed E-state index contributed by atoms with van der Waals surface area (Å²) in [7, 11) is 0. The SMILES string of the molecule is Cc1ccc(/C=C2\C=C(c3ccc(Cl)cc3)OC2=O)cc1. The van der Waals surface area contributed by atoms with Crippen molar-refractivity contribution in [3.8, 4) is 0 Å². The minimum atomic E-state index is -0.333. The first-order chi connectivity index (χ1) is 10.1. The molecule has 104 valence electrons. The fourth-order valence-corrected chi connectivity index (χ4v) is 2.21. The normalized spacial score (nSPS) is 16.0. The van der Waals surface area contributed by atoms with Crippen LogP contribution in [0.2, 0.25) is 5.02 Å². The summed E-state index contributed by atoms with van der Waals surface area (Å²) < 4.78 is 5.31. The van der Waals surface area contributed by atoms with Gasteiger partial charge in [0.05, 0.1) is 5.57 Å². The fourth-order valence-electron chi connectivity index (χ4n) is 2.09. The first-order valence-electron chi connectivity index (χ1n) is 6.60. The Morgan fingerprint density at radius 1 is 1.00 bits per heavy atom. The molecule has 2 aromatic rings. The number of cyclic esters (lactones) is 1. The monoisotopic (exact) mass is 296 g/mol. The molecule has 21 heavy (non-hydrogen) atoms. The van der Waals surface area contributed by atoms with Crippen LogP contribution in [0.25, 0.3) is 11.8 Å². The number of carbonyl (C=O) groups excluding carboxylic acids is 1. The molecule has 0 bridgehead atoms. The highest BCUT2D eigenvalue weighted by atomic mass is 35.5. The average Bonchev–Trinajstić information content (AvgIpc) is 2.83. The molecule has 1 aliphatic rings. The molecule has 0 spiro atoms. The molecule has 0 unspecified atom stereocenters. The standard InChI is InChI=1S/C18H13ClO2/c1-12-2-4-13(5-3-12)10-15-11-17(21-18(15)20)14-6-8-16(19)9-7-14/h2-11H,1H3/b15-10+. The zero-order valence-electron chi connectivity index (χ0n) is 11.5. The zero-order valence-corrected chi connectivity index (χ0v) is 12.2. The van der Waals surface area contributed by atoms with Crippen LogP contribution < -0.4 is 0 Å².